The quantitative estimate of drug-likeness (QED) is 0.528. The lowest BCUT2D eigenvalue weighted by molar-refractivity contribution is -0.130. The molecule has 0 saturated carbocycles. The number of fused-ring (bicyclic) bond motifs is 1. The number of rotatable bonds is 7. The number of carbonyl (C=O) groups excluding carboxylic acids is 2. The Kier molecular flexibility index (Phi) is 8.60. The van der Waals surface area contributed by atoms with E-state index in [1.165, 1.54) is 30.9 Å². The van der Waals surface area contributed by atoms with Crippen molar-refractivity contribution in [2.75, 3.05) is 25.9 Å². The van der Waals surface area contributed by atoms with E-state index < -0.39 is 27.9 Å². The molecule has 186 valence electrons. The smallest absolute Gasteiger partial charge is 0.247 e. The average molecular weight is 508 g/mol. The van der Waals surface area contributed by atoms with Crippen molar-refractivity contribution >= 4 is 40.3 Å². The Morgan fingerprint density at radius 2 is 1.79 bits per heavy atom. The van der Waals surface area contributed by atoms with Crippen molar-refractivity contribution in [2.24, 2.45) is 5.92 Å². The third kappa shape index (κ3) is 5.56. The fourth-order valence-corrected chi connectivity index (χ4v) is 6.20. The summed E-state index contributed by atoms with van der Waals surface area (Å²) >= 11 is 0. The van der Waals surface area contributed by atoms with Crippen LogP contribution in [0.5, 0.6) is 0 Å². The maximum Gasteiger partial charge on any atom is 0.247 e. The van der Waals surface area contributed by atoms with Gasteiger partial charge >= 0.3 is 0 Å². The van der Waals surface area contributed by atoms with Crippen molar-refractivity contribution in [1.29, 1.82) is 0 Å². The van der Waals surface area contributed by atoms with E-state index in [0.717, 1.165) is 42.2 Å². The summed E-state index contributed by atoms with van der Waals surface area (Å²) in [4.78, 5) is 29.9. The summed E-state index contributed by atoms with van der Waals surface area (Å²) < 4.78 is 25.3. The molecule has 0 spiro atoms. The fourth-order valence-electron chi connectivity index (χ4n) is 5.17. The molecule has 0 aliphatic carbocycles. The Bertz CT molecular complexity index is 1060. The third-order valence-corrected chi connectivity index (χ3v) is 7.79. The largest absolute Gasteiger partial charge is 0.326 e. The topological polar surface area (TPSA) is 78.0 Å². The van der Waals surface area contributed by atoms with Crippen LogP contribution in [0.25, 0.3) is 6.08 Å². The first kappa shape index (κ1) is 26.4. The van der Waals surface area contributed by atoms with Gasteiger partial charge in [-0.2, -0.15) is 0 Å². The van der Waals surface area contributed by atoms with Crippen molar-refractivity contribution in [3.05, 3.63) is 53.2 Å². The minimum Gasteiger partial charge on any atom is -0.326 e. The lowest BCUT2D eigenvalue weighted by atomic mass is 9.96. The second-order valence-corrected chi connectivity index (χ2v) is 11.1. The van der Waals surface area contributed by atoms with Gasteiger partial charge in [-0.3, -0.25) is 14.5 Å². The lowest BCUT2D eigenvalue weighted by Gasteiger charge is -2.26. The van der Waals surface area contributed by atoms with Gasteiger partial charge in [-0.1, -0.05) is 44.0 Å². The molecule has 2 saturated heterocycles. The molecule has 3 heterocycles. The minimum atomic E-state index is -3.72. The third-order valence-electron chi connectivity index (χ3n) is 6.74. The molecule has 7 nitrogen and oxygen atoms in total. The Hall–Kier alpha value is -2.16. The predicted octanol–water partition coefficient (Wildman–Crippen LogP) is 3.42. The summed E-state index contributed by atoms with van der Waals surface area (Å²) in [6.45, 7) is 5.52. The lowest BCUT2D eigenvalue weighted by Crippen LogP contribution is -2.40. The van der Waals surface area contributed by atoms with Gasteiger partial charge in [0.1, 0.15) is 0 Å². The van der Waals surface area contributed by atoms with E-state index >= 15 is 0 Å². The molecule has 0 bridgehead atoms. The van der Waals surface area contributed by atoms with Gasteiger partial charge in [0.2, 0.25) is 21.8 Å². The molecule has 2 fully saturated rings. The van der Waals surface area contributed by atoms with Gasteiger partial charge in [-0.05, 0) is 55.6 Å². The van der Waals surface area contributed by atoms with Crippen molar-refractivity contribution in [3.63, 3.8) is 0 Å². The van der Waals surface area contributed by atoms with Gasteiger partial charge in [-0.15, -0.1) is 12.4 Å². The number of benzene rings is 1. The van der Waals surface area contributed by atoms with Crippen molar-refractivity contribution in [3.8, 4) is 0 Å². The highest BCUT2D eigenvalue weighted by atomic mass is 35.5. The normalized spacial score (nSPS) is 23.2. The molecule has 9 heteroatoms. The SMILES string of the molecule is CCC[C@H]1C(=O)N(S(C)(=O)=O)C2=CCN(C(=O)C=Cc3ccc(CN4CCCCC4)cc3)[C@@H]21.Cl. The van der Waals surface area contributed by atoms with Crippen LogP contribution in [0.2, 0.25) is 0 Å². The van der Waals surface area contributed by atoms with Gasteiger partial charge in [0.15, 0.2) is 0 Å². The highest BCUT2D eigenvalue weighted by molar-refractivity contribution is 7.89. The summed E-state index contributed by atoms with van der Waals surface area (Å²) in [6.07, 6.45) is 11.2. The molecule has 0 unspecified atom stereocenters. The molecule has 0 N–H and O–H groups in total. The van der Waals surface area contributed by atoms with Gasteiger partial charge < -0.3 is 4.90 Å². The first-order valence-electron chi connectivity index (χ1n) is 11.8. The predicted molar refractivity (Wildman–Crippen MR) is 136 cm³/mol. The number of amides is 2. The van der Waals surface area contributed by atoms with E-state index in [2.05, 4.69) is 17.0 Å². The number of carbonyl (C=O) groups is 2. The zero-order valence-electron chi connectivity index (χ0n) is 19.9. The molecule has 3 aliphatic heterocycles. The molecule has 4 rings (SSSR count). The van der Waals surface area contributed by atoms with Crippen LogP contribution >= 0.6 is 12.4 Å². The van der Waals surface area contributed by atoms with E-state index in [9.17, 15) is 18.0 Å². The second kappa shape index (κ2) is 11.1. The first-order valence-corrected chi connectivity index (χ1v) is 13.7. The van der Waals surface area contributed by atoms with Gasteiger partial charge in [0.05, 0.1) is 23.9 Å². The number of piperidine rings is 1. The number of sulfonamides is 1. The number of hydrogen-bond donors (Lipinski definition) is 0. The maximum atomic E-state index is 13.0. The molecule has 0 aromatic heterocycles. The van der Waals surface area contributed by atoms with Crippen molar-refractivity contribution in [1.82, 2.24) is 14.1 Å². The molecule has 0 radical (unpaired) electrons. The Morgan fingerprint density at radius 1 is 1.12 bits per heavy atom. The molecular formula is C25H34ClN3O4S. The van der Waals surface area contributed by atoms with Crippen LogP contribution in [0.4, 0.5) is 0 Å². The number of likely N-dealkylation sites (tertiary alicyclic amines) is 1. The Labute approximate surface area is 208 Å². The number of hydrogen-bond acceptors (Lipinski definition) is 5. The fraction of sp³-hybridized carbons (Fsp3) is 0.520. The zero-order chi connectivity index (χ0) is 23.6. The highest BCUT2D eigenvalue weighted by Crippen LogP contribution is 2.40. The summed E-state index contributed by atoms with van der Waals surface area (Å²) in [5.74, 6) is -1.17. The molecular weight excluding hydrogens is 474 g/mol. The molecule has 1 aromatic carbocycles. The molecule has 2 amide bonds. The van der Waals surface area contributed by atoms with Crippen LogP contribution in [-0.2, 0) is 26.2 Å². The van der Waals surface area contributed by atoms with Gasteiger partial charge in [-0.25, -0.2) is 12.7 Å². The summed E-state index contributed by atoms with van der Waals surface area (Å²) in [5, 5.41) is 0. The summed E-state index contributed by atoms with van der Waals surface area (Å²) in [7, 11) is -3.72. The van der Waals surface area contributed by atoms with E-state index in [1.54, 1.807) is 17.1 Å². The van der Waals surface area contributed by atoms with Crippen LogP contribution < -0.4 is 0 Å². The van der Waals surface area contributed by atoms with Crippen LogP contribution in [0.15, 0.2) is 42.1 Å². The standard InChI is InChI=1S/C25H33N3O4S.ClH/c1-3-7-21-24-22(28(25(21)30)33(2,31)32)14-17-27(24)23(29)13-12-19-8-10-20(11-9-19)18-26-15-5-4-6-16-26;/h8-14,21,24H,3-7,15-18H2,1-2H3;1H/t21-,24-;/m1./s1. The van der Waals surface area contributed by atoms with E-state index in [0.29, 0.717) is 18.7 Å². The molecule has 2 atom stereocenters. The van der Waals surface area contributed by atoms with Crippen molar-refractivity contribution < 1.29 is 18.0 Å². The van der Waals surface area contributed by atoms with Gasteiger partial charge in [0, 0.05) is 19.2 Å². The van der Waals surface area contributed by atoms with Crippen molar-refractivity contribution in [2.45, 2.75) is 51.6 Å². The van der Waals surface area contributed by atoms with E-state index in [1.807, 2.05) is 19.1 Å². The molecule has 1 aromatic rings. The van der Waals surface area contributed by atoms with Crippen LogP contribution in [0, 0.1) is 5.92 Å². The van der Waals surface area contributed by atoms with E-state index in [-0.39, 0.29) is 18.3 Å². The van der Waals surface area contributed by atoms with E-state index in [4.69, 9.17) is 0 Å². The van der Waals surface area contributed by atoms with Crippen LogP contribution in [0.3, 0.4) is 0 Å². The van der Waals surface area contributed by atoms with Crippen LogP contribution in [-0.4, -0.2) is 66.3 Å². The average Bonchev–Trinajstić information content (AvgIpc) is 3.32. The first-order chi connectivity index (χ1) is 15.8. The molecule has 3 aliphatic rings. The summed E-state index contributed by atoms with van der Waals surface area (Å²) in [5.41, 5.74) is 2.62. The molecule has 34 heavy (non-hydrogen) atoms. The zero-order valence-corrected chi connectivity index (χ0v) is 21.5. The Morgan fingerprint density at radius 3 is 2.41 bits per heavy atom. The number of halogens is 1. The van der Waals surface area contributed by atoms with Gasteiger partial charge in [0.25, 0.3) is 0 Å². The monoisotopic (exact) mass is 507 g/mol. The summed E-state index contributed by atoms with van der Waals surface area (Å²) in [6, 6.07) is 7.72. The number of nitrogens with zero attached hydrogens (tertiary/aromatic N) is 3. The maximum absolute atomic E-state index is 13.0. The van der Waals surface area contributed by atoms with Crippen LogP contribution in [0.1, 0.15) is 50.2 Å². The second-order valence-electron chi connectivity index (χ2n) is 9.24. The highest BCUT2D eigenvalue weighted by Gasteiger charge is 2.53. The Balaban J connectivity index is 0.00000324. The minimum absolute atomic E-state index is 0.